The molecule has 0 aliphatic rings. The van der Waals surface area contributed by atoms with Gasteiger partial charge in [-0.3, -0.25) is 4.79 Å². The summed E-state index contributed by atoms with van der Waals surface area (Å²) in [6.45, 7) is 8.48. The Labute approximate surface area is 162 Å². The van der Waals surface area contributed by atoms with E-state index in [4.69, 9.17) is 5.73 Å². The Morgan fingerprint density at radius 3 is 2.11 bits per heavy atom. The topological polar surface area (TPSA) is 79.5 Å². The van der Waals surface area contributed by atoms with Gasteiger partial charge < -0.3 is 16.4 Å². The Kier molecular flexibility index (Phi) is 7.41. The molecule has 0 spiro atoms. The number of benzene rings is 2. The molecule has 0 fully saturated rings. The van der Waals surface area contributed by atoms with Gasteiger partial charge in [-0.2, -0.15) is 0 Å². The van der Waals surface area contributed by atoms with Crippen molar-refractivity contribution < 1.29 is 4.79 Å². The maximum absolute atomic E-state index is 11.7. The second-order valence-corrected chi connectivity index (χ2v) is 6.83. The fourth-order valence-corrected chi connectivity index (χ4v) is 2.73. The smallest absolute Gasteiger partial charge is 0.226 e. The van der Waals surface area contributed by atoms with Crippen molar-refractivity contribution in [2.24, 2.45) is 16.6 Å². The summed E-state index contributed by atoms with van der Waals surface area (Å²) in [5, 5.41) is 6.15. The maximum Gasteiger partial charge on any atom is 0.226 e. The number of amides is 1. The van der Waals surface area contributed by atoms with Crippen molar-refractivity contribution in [1.29, 1.82) is 0 Å². The lowest BCUT2D eigenvalue weighted by Crippen LogP contribution is -2.24. The number of aryl methyl sites for hydroxylation is 2. The number of carbonyl (C=O) groups excluding carboxylic acids is 1. The van der Waals surface area contributed by atoms with Gasteiger partial charge in [-0.05, 0) is 41.7 Å². The molecule has 0 heterocycles. The Morgan fingerprint density at radius 1 is 1.00 bits per heavy atom. The van der Waals surface area contributed by atoms with E-state index in [0.29, 0.717) is 12.5 Å². The highest BCUT2D eigenvalue weighted by atomic mass is 16.1. The van der Waals surface area contributed by atoms with Crippen molar-refractivity contribution in [1.82, 2.24) is 0 Å². The zero-order valence-electron chi connectivity index (χ0n) is 16.7. The molecular weight excluding hydrogens is 336 g/mol. The average Bonchev–Trinajstić information content (AvgIpc) is 2.67. The SMILES string of the molecule is CCc1cccc(CC)c1NC(N)=NCc1ccc(NC(=O)C(C)C)cc1. The lowest BCUT2D eigenvalue weighted by Gasteiger charge is -2.15. The summed E-state index contributed by atoms with van der Waals surface area (Å²) in [4.78, 5) is 16.2. The highest BCUT2D eigenvalue weighted by Gasteiger charge is 2.08. The zero-order valence-corrected chi connectivity index (χ0v) is 16.7. The monoisotopic (exact) mass is 366 g/mol. The van der Waals surface area contributed by atoms with E-state index in [2.05, 4.69) is 47.7 Å². The molecule has 27 heavy (non-hydrogen) atoms. The summed E-state index contributed by atoms with van der Waals surface area (Å²) in [6, 6.07) is 14.0. The number of nitrogens with one attached hydrogen (secondary N) is 2. The zero-order chi connectivity index (χ0) is 19.8. The number of hydrogen-bond acceptors (Lipinski definition) is 2. The van der Waals surface area contributed by atoms with Gasteiger partial charge in [-0.1, -0.05) is 58.0 Å². The Bertz CT molecular complexity index is 772. The highest BCUT2D eigenvalue weighted by Crippen LogP contribution is 2.22. The van der Waals surface area contributed by atoms with Crippen LogP contribution in [0.15, 0.2) is 47.5 Å². The number of rotatable bonds is 7. The number of para-hydroxylation sites is 1. The lowest BCUT2D eigenvalue weighted by atomic mass is 10.0. The highest BCUT2D eigenvalue weighted by molar-refractivity contribution is 5.94. The van der Waals surface area contributed by atoms with E-state index in [1.165, 1.54) is 11.1 Å². The van der Waals surface area contributed by atoms with Gasteiger partial charge >= 0.3 is 0 Å². The van der Waals surface area contributed by atoms with E-state index in [9.17, 15) is 4.79 Å². The predicted molar refractivity (Wildman–Crippen MR) is 114 cm³/mol. The van der Waals surface area contributed by atoms with Crippen LogP contribution in [-0.2, 0) is 24.2 Å². The van der Waals surface area contributed by atoms with Crippen LogP contribution in [0.25, 0.3) is 0 Å². The first kappa shape index (κ1) is 20.5. The molecular formula is C22H30N4O. The number of nitrogens with zero attached hydrogens (tertiary/aromatic N) is 1. The Hall–Kier alpha value is -2.82. The summed E-state index contributed by atoms with van der Waals surface area (Å²) in [5.74, 6) is 0.373. The van der Waals surface area contributed by atoms with Crippen molar-refractivity contribution in [3.63, 3.8) is 0 Å². The van der Waals surface area contributed by atoms with E-state index in [0.717, 1.165) is 29.8 Å². The first-order valence-electron chi connectivity index (χ1n) is 9.52. The fraction of sp³-hybridized carbons (Fsp3) is 0.364. The molecule has 0 atom stereocenters. The quantitative estimate of drug-likeness (QED) is 0.504. The van der Waals surface area contributed by atoms with Gasteiger partial charge in [0.05, 0.1) is 6.54 Å². The molecule has 5 heteroatoms. The van der Waals surface area contributed by atoms with Crippen molar-refractivity contribution in [2.75, 3.05) is 10.6 Å². The molecule has 0 saturated carbocycles. The lowest BCUT2D eigenvalue weighted by molar-refractivity contribution is -0.118. The standard InChI is InChI=1S/C22H30N4O/c1-5-17-8-7-9-18(6-2)20(17)26-22(23)24-14-16-10-12-19(13-11-16)25-21(27)15(3)4/h7-13,15H,5-6,14H2,1-4H3,(H,25,27)(H3,23,24,26). The van der Waals surface area contributed by atoms with Crippen molar-refractivity contribution >= 4 is 23.2 Å². The van der Waals surface area contributed by atoms with Crippen molar-refractivity contribution in [3.8, 4) is 0 Å². The summed E-state index contributed by atoms with van der Waals surface area (Å²) >= 11 is 0. The van der Waals surface area contributed by atoms with Crippen LogP contribution in [0.4, 0.5) is 11.4 Å². The minimum atomic E-state index is -0.0424. The molecule has 1 amide bonds. The van der Waals surface area contributed by atoms with E-state index >= 15 is 0 Å². The normalized spacial score (nSPS) is 11.5. The van der Waals surface area contributed by atoms with Gasteiger partial charge in [0.2, 0.25) is 5.91 Å². The Morgan fingerprint density at radius 2 is 1.59 bits per heavy atom. The molecule has 5 nitrogen and oxygen atoms in total. The third kappa shape index (κ3) is 5.84. The van der Waals surface area contributed by atoms with Gasteiger partial charge in [0.15, 0.2) is 5.96 Å². The predicted octanol–water partition coefficient (Wildman–Crippen LogP) is 4.33. The molecule has 0 aromatic heterocycles. The number of carbonyl (C=O) groups is 1. The number of hydrogen-bond donors (Lipinski definition) is 3. The molecule has 0 aliphatic heterocycles. The van der Waals surface area contributed by atoms with Gasteiger partial charge in [0, 0.05) is 17.3 Å². The van der Waals surface area contributed by atoms with Crippen LogP contribution >= 0.6 is 0 Å². The van der Waals surface area contributed by atoms with Crippen molar-refractivity contribution in [3.05, 3.63) is 59.2 Å². The third-order valence-corrected chi connectivity index (χ3v) is 4.43. The minimum absolute atomic E-state index is 0.00975. The molecule has 2 aromatic rings. The second-order valence-electron chi connectivity index (χ2n) is 6.83. The molecule has 4 N–H and O–H groups in total. The van der Waals surface area contributed by atoms with Crippen LogP contribution in [0.1, 0.15) is 44.4 Å². The van der Waals surface area contributed by atoms with Gasteiger partial charge in [0.25, 0.3) is 0 Å². The van der Waals surface area contributed by atoms with Gasteiger partial charge in [-0.15, -0.1) is 0 Å². The van der Waals surface area contributed by atoms with Crippen molar-refractivity contribution in [2.45, 2.75) is 47.1 Å². The molecule has 144 valence electrons. The maximum atomic E-state index is 11.7. The van der Waals surface area contributed by atoms with E-state index in [-0.39, 0.29) is 11.8 Å². The number of aliphatic imine (C=N–C) groups is 1. The number of anilines is 2. The van der Waals surface area contributed by atoms with Crippen LogP contribution in [0.5, 0.6) is 0 Å². The summed E-state index contributed by atoms with van der Waals surface area (Å²) < 4.78 is 0. The molecule has 0 aliphatic carbocycles. The summed E-state index contributed by atoms with van der Waals surface area (Å²) in [5.41, 5.74) is 11.5. The van der Waals surface area contributed by atoms with Crippen LogP contribution in [-0.4, -0.2) is 11.9 Å². The number of nitrogens with two attached hydrogens (primary N) is 1. The number of guanidine groups is 1. The van der Waals surface area contributed by atoms with E-state index < -0.39 is 0 Å². The summed E-state index contributed by atoms with van der Waals surface area (Å²) in [7, 11) is 0. The van der Waals surface area contributed by atoms with Gasteiger partial charge in [-0.25, -0.2) is 4.99 Å². The molecule has 0 bridgehead atoms. The molecule has 2 aromatic carbocycles. The fourth-order valence-electron chi connectivity index (χ4n) is 2.73. The average molecular weight is 367 g/mol. The summed E-state index contributed by atoms with van der Waals surface area (Å²) in [6.07, 6.45) is 1.88. The van der Waals surface area contributed by atoms with Crippen LogP contribution in [0, 0.1) is 5.92 Å². The molecule has 0 radical (unpaired) electrons. The van der Waals surface area contributed by atoms with Crippen LogP contribution in [0.3, 0.4) is 0 Å². The van der Waals surface area contributed by atoms with Crippen LogP contribution in [0.2, 0.25) is 0 Å². The van der Waals surface area contributed by atoms with E-state index in [1.54, 1.807) is 0 Å². The molecule has 0 unspecified atom stereocenters. The van der Waals surface area contributed by atoms with E-state index in [1.807, 2.05) is 38.1 Å². The Balaban J connectivity index is 2.03. The molecule has 0 saturated heterocycles. The third-order valence-electron chi connectivity index (χ3n) is 4.43. The van der Waals surface area contributed by atoms with Gasteiger partial charge in [0.1, 0.15) is 0 Å². The largest absolute Gasteiger partial charge is 0.370 e. The first-order valence-corrected chi connectivity index (χ1v) is 9.52. The minimum Gasteiger partial charge on any atom is -0.370 e. The first-order chi connectivity index (χ1) is 12.9. The second kappa shape index (κ2) is 9.76. The van der Waals surface area contributed by atoms with Crippen LogP contribution < -0.4 is 16.4 Å². The molecule has 2 rings (SSSR count).